The summed E-state index contributed by atoms with van der Waals surface area (Å²) in [6.45, 7) is 0. The molecule has 2 nitrogen and oxygen atoms in total. The molecule has 4 rings (SSSR count). The van der Waals surface area contributed by atoms with Crippen LogP contribution in [0.4, 0.5) is 0 Å². The summed E-state index contributed by atoms with van der Waals surface area (Å²) in [5.74, 6) is 1.99. The van der Waals surface area contributed by atoms with Crippen molar-refractivity contribution in [3.05, 3.63) is 42.0 Å². The number of fused-ring (bicyclic) bond motifs is 6. The minimum absolute atomic E-state index is 0.0740. The van der Waals surface area contributed by atoms with Crippen LogP contribution in [-0.4, -0.2) is 11.9 Å². The summed E-state index contributed by atoms with van der Waals surface area (Å²) in [6.07, 6.45) is 5.60. The number of Topliss-reactive ketones (excluding diaryl/α,β-unsaturated/α-hetero) is 1. The van der Waals surface area contributed by atoms with Crippen LogP contribution in [0.3, 0.4) is 0 Å². The molecule has 1 heterocycles. The number of hydrogen-bond acceptors (Lipinski definition) is 2. The highest BCUT2D eigenvalue weighted by molar-refractivity contribution is 6.02. The van der Waals surface area contributed by atoms with E-state index < -0.39 is 0 Å². The Kier molecular flexibility index (Phi) is 1.48. The van der Waals surface area contributed by atoms with Gasteiger partial charge in [-0.05, 0) is 24.5 Å². The highest BCUT2D eigenvalue weighted by atomic mass is 16.5. The monoisotopic (exact) mass is 212 g/mol. The highest BCUT2D eigenvalue weighted by Gasteiger charge is 2.52. The van der Waals surface area contributed by atoms with Crippen molar-refractivity contribution in [3.63, 3.8) is 0 Å². The number of benzene rings is 1. The molecule has 0 spiro atoms. The summed E-state index contributed by atoms with van der Waals surface area (Å²) in [4.78, 5) is 12.4. The maximum atomic E-state index is 12.4. The fourth-order valence-corrected chi connectivity index (χ4v) is 3.38. The highest BCUT2D eigenvalue weighted by Crippen LogP contribution is 2.49. The minimum atomic E-state index is 0.0740. The Balaban J connectivity index is 1.86. The third-order valence-electron chi connectivity index (χ3n) is 4.11. The molecule has 1 saturated carbocycles. The van der Waals surface area contributed by atoms with Gasteiger partial charge in [0.2, 0.25) is 0 Å². The molecule has 2 aliphatic carbocycles. The third-order valence-corrected chi connectivity index (χ3v) is 4.11. The number of allylic oxidation sites excluding steroid dienone is 1. The molecule has 0 N–H and O–H groups in total. The molecule has 2 heteroatoms. The van der Waals surface area contributed by atoms with Gasteiger partial charge in [0.15, 0.2) is 5.78 Å². The predicted octanol–water partition coefficient (Wildman–Crippen LogP) is 2.45. The van der Waals surface area contributed by atoms with Crippen LogP contribution in [0.1, 0.15) is 16.8 Å². The Hall–Kier alpha value is -1.57. The molecule has 1 aromatic carbocycles. The molecule has 0 unspecified atom stereocenters. The van der Waals surface area contributed by atoms with E-state index in [-0.39, 0.29) is 17.8 Å². The summed E-state index contributed by atoms with van der Waals surface area (Å²) in [5.41, 5.74) is 0.768. The van der Waals surface area contributed by atoms with Crippen LogP contribution in [0, 0.1) is 17.8 Å². The zero-order valence-electron chi connectivity index (χ0n) is 8.80. The normalized spacial score (nSPS) is 38.1. The van der Waals surface area contributed by atoms with Gasteiger partial charge in [0.05, 0.1) is 11.5 Å². The van der Waals surface area contributed by atoms with Crippen molar-refractivity contribution in [2.75, 3.05) is 0 Å². The van der Waals surface area contributed by atoms with Gasteiger partial charge < -0.3 is 4.74 Å². The average molecular weight is 212 g/mol. The van der Waals surface area contributed by atoms with Crippen LogP contribution in [0.2, 0.25) is 0 Å². The maximum absolute atomic E-state index is 12.4. The van der Waals surface area contributed by atoms with Crippen molar-refractivity contribution < 1.29 is 9.53 Å². The molecular weight excluding hydrogens is 200 g/mol. The molecule has 0 saturated heterocycles. The Morgan fingerprint density at radius 1 is 1.12 bits per heavy atom. The Morgan fingerprint density at radius 3 is 2.88 bits per heavy atom. The van der Waals surface area contributed by atoms with Crippen molar-refractivity contribution in [1.29, 1.82) is 0 Å². The van der Waals surface area contributed by atoms with Crippen LogP contribution in [-0.2, 0) is 0 Å². The third kappa shape index (κ3) is 0.902. The van der Waals surface area contributed by atoms with Crippen LogP contribution >= 0.6 is 0 Å². The van der Waals surface area contributed by atoms with Crippen LogP contribution in [0.15, 0.2) is 36.4 Å². The van der Waals surface area contributed by atoms with Crippen molar-refractivity contribution in [3.8, 4) is 5.75 Å². The molecule has 1 aliphatic heterocycles. The topological polar surface area (TPSA) is 26.3 Å². The van der Waals surface area contributed by atoms with Gasteiger partial charge in [-0.25, -0.2) is 0 Å². The molecule has 4 atom stereocenters. The van der Waals surface area contributed by atoms with E-state index in [4.69, 9.17) is 4.74 Å². The van der Waals surface area contributed by atoms with Gasteiger partial charge in [-0.15, -0.1) is 0 Å². The van der Waals surface area contributed by atoms with E-state index in [1.165, 1.54) is 0 Å². The number of carbonyl (C=O) groups is 1. The maximum Gasteiger partial charge on any atom is 0.173 e. The number of carbonyl (C=O) groups excluding carboxylic acids is 1. The van der Waals surface area contributed by atoms with E-state index in [0.717, 1.165) is 17.7 Å². The van der Waals surface area contributed by atoms with E-state index >= 15 is 0 Å². The first kappa shape index (κ1) is 8.57. The zero-order valence-corrected chi connectivity index (χ0v) is 8.80. The average Bonchev–Trinajstić information content (AvgIpc) is 2.90. The lowest BCUT2D eigenvalue weighted by molar-refractivity contribution is 0.0631. The first-order chi connectivity index (χ1) is 7.84. The second-order valence-corrected chi connectivity index (χ2v) is 4.92. The second kappa shape index (κ2) is 2.76. The summed E-state index contributed by atoms with van der Waals surface area (Å²) in [7, 11) is 0. The van der Waals surface area contributed by atoms with E-state index in [1.807, 2.05) is 24.3 Å². The number of hydrogen-bond donors (Lipinski definition) is 0. The minimum Gasteiger partial charge on any atom is -0.488 e. The zero-order chi connectivity index (χ0) is 10.7. The molecule has 2 bridgehead atoms. The molecule has 16 heavy (non-hydrogen) atoms. The smallest absolute Gasteiger partial charge is 0.173 e. The molecule has 80 valence electrons. The van der Waals surface area contributed by atoms with Gasteiger partial charge in [-0.3, -0.25) is 4.79 Å². The number of ether oxygens (including phenoxy) is 1. The second-order valence-electron chi connectivity index (χ2n) is 4.92. The molecule has 1 aromatic rings. The quantitative estimate of drug-likeness (QED) is 0.617. The summed E-state index contributed by atoms with van der Waals surface area (Å²) < 4.78 is 5.99. The summed E-state index contributed by atoms with van der Waals surface area (Å²) >= 11 is 0. The SMILES string of the molecule is O=C1c2ccccc2O[C@H]2[C@@H]1[C@H]1C=C[C@@H]2C1. The van der Waals surface area contributed by atoms with Crippen molar-refractivity contribution in [1.82, 2.24) is 0 Å². The van der Waals surface area contributed by atoms with Gasteiger partial charge in [-0.2, -0.15) is 0 Å². The van der Waals surface area contributed by atoms with E-state index in [1.54, 1.807) is 0 Å². The van der Waals surface area contributed by atoms with Crippen molar-refractivity contribution in [2.24, 2.45) is 17.8 Å². The van der Waals surface area contributed by atoms with E-state index in [9.17, 15) is 4.79 Å². The van der Waals surface area contributed by atoms with E-state index in [2.05, 4.69) is 12.2 Å². The van der Waals surface area contributed by atoms with E-state index in [0.29, 0.717) is 11.8 Å². The number of rotatable bonds is 0. The number of para-hydroxylation sites is 1. The lowest BCUT2D eigenvalue weighted by Crippen LogP contribution is -2.40. The fraction of sp³-hybridized carbons (Fsp3) is 0.357. The van der Waals surface area contributed by atoms with Crippen LogP contribution in [0.25, 0.3) is 0 Å². The summed E-state index contributed by atoms with van der Waals surface area (Å²) in [5, 5.41) is 0. The Morgan fingerprint density at radius 2 is 1.94 bits per heavy atom. The molecule has 3 aliphatic rings. The molecular formula is C14H12O2. The van der Waals surface area contributed by atoms with Gasteiger partial charge in [0.25, 0.3) is 0 Å². The largest absolute Gasteiger partial charge is 0.488 e. The lowest BCUT2D eigenvalue weighted by atomic mass is 9.82. The van der Waals surface area contributed by atoms with Gasteiger partial charge in [-0.1, -0.05) is 24.3 Å². The predicted molar refractivity (Wildman–Crippen MR) is 59.4 cm³/mol. The molecule has 0 aromatic heterocycles. The molecule has 1 fully saturated rings. The van der Waals surface area contributed by atoms with Gasteiger partial charge in [0, 0.05) is 5.92 Å². The standard InChI is InChI=1S/C14H12O2/c15-13-10-3-1-2-4-11(10)16-14-9-6-5-8(7-9)12(13)14/h1-6,8-9,12,14H,7H2/t8-,9+,12+,14+/m0/s1. The summed E-state index contributed by atoms with van der Waals surface area (Å²) in [6, 6.07) is 7.61. The first-order valence-electron chi connectivity index (χ1n) is 5.83. The molecule has 0 radical (unpaired) electrons. The van der Waals surface area contributed by atoms with Gasteiger partial charge in [0.1, 0.15) is 11.9 Å². The first-order valence-corrected chi connectivity index (χ1v) is 5.83. The van der Waals surface area contributed by atoms with Crippen molar-refractivity contribution in [2.45, 2.75) is 12.5 Å². The Bertz CT molecular complexity index is 503. The number of ketones is 1. The van der Waals surface area contributed by atoms with Crippen molar-refractivity contribution >= 4 is 5.78 Å². The fourth-order valence-electron chi connectivity index (χ4n) is 3.38. The Labute approximate surface area is 93.9 Å². The van der Waals surface area contributed by atoms with Crippen LogP contribution < -0.4 is 4.74 Å². The molecule has 0 amide bonds. The van der Waals surface area contributed by atoms with Gasteiger partial charge >= 0.3 is 0 Å². The lowest BCUT2D eigenvalue weighted by Gasteiger charge is -2.33. The van der Waals surface area contributed by atoms with Crippen LogP contribution in [0.5, 0.6) is 5.75 Å².